The lowest BCUT2D eigenvalue weighted by atomic mass is 9.90. The van der Waals surface area contributed by atoms with Crippen LogP contribution in [0, 0.1) is 0 Å². The average molecular weight is 399 g/mol. The summed E-state index contributed by atoms with van der Waals surface area (Å²) in [6.45, 7) is 1.16. The number of sulfonamides is 1. The van der Waals surface area contributed by atoms with Crippen LogP contribution in [0.5, 0.6) is 0 Å². The van der Waals surface area contributed by atoms with Crippen LogP contribution >= 0.6 is 0 Å². The van der Waals surface area contributed by atoms with Crippen molar-refractivity contribution < 1.29 is 13.2 Å². The molecule has 1 fully saturated rings. The Balaban J connectivity index is 1.46. The SMILES string of the molecule is O=C(Nc1ccc(S(=O)(=O)N2CCCCC2)cc1)c1ccc2c(c1)CCCC2. The first-order valence-corrected chi connectivity index (χ1v) is 11.5. The molecule has 28 heavy (non-hydrogen) atoms. The monoisotopic (exact) mass is 398 g/mol. The zero-order chi connectivity index (χ0) is 19.6. The molecule has 0 aromatic heterocycles. The average Bonchev–Trinajstić information content (AvgIpc) is 2.74. The van der Waals surface area contributed by atoms with Crippen LogP contribution in [0.2, 0.25) is 0 Å². The Bertz CT molecular complexity index is 962. The van der Waals surface area contributed by atoms with Crippen molar-refractivity contribution in [2.24, 2.45) is 0 Å². The van der Waals surface area contributed by atoms with Crippen LogP contribution in [0.1, 0.15) is 53.6 Å². The third-order valence-electron chi connectivity index (χ3n) is 5.68. The smallest absolute Gasteiger partial charge is 0.255 e. The predicted molar refractivity (Wildman–Crippen MR) is 110 cm³/mol. The molecular formula is C22H26N2O3S. The number of carbonyl (C=O) groups excluding carboxylic acids is 1. The zero-order valence-electron chi connectivity index (χ0n) is 16.0. The second-order valence-electron chi connectivity index (χ2n) is 7.63. The van der Waals surface area contributed by atoms with Gasteiger partial charge in [0.1, 0.15) is 0 Å². The maximum atomic E-state index is 12.7. The van der Waals surface area contributed by atoms with Gasteiger partial charge in [0.15, 0.2) is 0 Å². The first kappa shape index (κ1) is 19.2. The number of hydrogen-bond donors (Lipinski definition) is 1. The second-order valence-corrected chi connectivity index (χ2v) is 9.57. The van der Waals surface area contributed by atoms with Gasteiger partial charge < -0.3 is 5.32 Å². The topological polar surface area (TPSA) is 66.5 Å². The molecule has 1 heterocycles. The molecule has 1 amide bonds. The lowest BCUT2D eigenvalue weighted by Gasteiger charge is -2.25. The van der Waals surface area contributed by atoms with Gasteiger partial charge in [0.05, 0.1) is 4.90 Å². The summed E-state index contributed by atoms with van der Waals surface area (Å²) in [5, 5.41) is 2.88. The van der Waals surface area contributed by atoms with Crippen molar-refractivity contribution in [1.29, 1.82) is 0 Å². The zero-order valence-corrected chi connectivity index (χ0v) is 16.8. The highest BCUT2D eigenvalue weighted by atomic mass is 32.2. The molecule has 1 aliphatic carbocycles. The largest absolute Gasteiger partial charge is 0.322 e. The summed E-state index contributed by atoms with van der Waals surface area (Å²) < 4.78 is 27.0. The second kappa shape index (κ2) is 8.05. The van der Waals surface area contributed by atoms with Gasteiger partial charge in [0, 0.05) is 24.3 Å². The van der Waals surface area contributed by atoms with Gasteiger partial charge in [-0.15, -0.1) is 0 Å². The van der Waals surface area contributed by atoms with Crippen LogP contribution in [-0.4, -0.2) is 31.7 Å². The van der Waals surface area contributed by atoms with Gasteiger partial charge in [-0.2, -0.15) is 4.31 Å². The molecule has 148 valence electrons. The molecule has 2 aliphatic rings. The van der Waals surface area contributed by atoms with E-state index in [1.165, 1.54) is 24.0 Å². The number of benzene rings is 2. The van der Waals surface area contributed by atoms with Crippen LogP contribution in [-0.2, 0) is 22.9 Å². The van der Waals surface area contributed by atoms with E-state index in [0.717, 1.165) is 32.1 Å². The van der Waals surface area contributed by atoms with Crippen molar-refractivity contribution in [2.75, 3.05) is 18.4 Å². The number of hydrogen-bond acceptors (Lipinski definition) is 3. The van der Waals surface area contributed by atoms with E-state index in [4.69, 9.17) is 0 Å². The van der Waals surface area contributed by atoms with Gasteiger partial charge in [0.2, 0.25) is 10.0 Å². The molecule has 0 bridgehead atoms. The summed E-state index contributed by atoms with van der Waals surface area (Å²) in [5.74, 6) is -0.167. The molecule has 1 N–H and O–H groups in total. The Labute approximate surface area is 166 Å². The summed E-state index contributed by atoms with van der Waals surface area (Å²) in [7, 11) is -3.45. The van der Waals surface area contributed by atoms with Gasteiger partial charge in [-0.1, -0.05) is 12.5 Å². The Hall–Kier alpha value is -2.18. The summed E-state index contributed by atoms with van der Waals surface area (Å²) in [5.41, 5.74) is 3.85. The summed E-state index contributed by atoms with van der Waals surface area (Å²) >= 11 is 0. The van der Waals surface area contributed by atoms with E-state index in [-0.39, 0.29) is 10.8 Å². The molecule has 2 aromatic rings. The number of nitrogens with zero attached hydrogens (tertiary/aromatic N) is 1. The fraction of sp³-hybridized carbons (Fsp3) is 0.409. The van der Waals surface area contributed by atoms with Gasteiger partial charge in [-0.3, -0.25) is 4.79 Å². The highest BCUT2D eigenvalue weighted by Gasteiger charge is 2.25. The van der Waals surface area contributed by atoms with Crippen molar-refractivity contribution >= 4 is 21.6 Å². The number of carbonyl (C=O) groups is 1. The van der Waals surface area contributed by atoms with Crippen molar-refractivity contribution in [1.82, 2.24) is 4.31 Å². The van der Waals surface area contributed by atoms with E-state index in [0.29, 0.717) is 24.3 Å². The standard InChI is InChI=1S/C22H26N2O3S/c25-22(19-9-8-17-6-2-3-7-18(17)16-19)23-20-10-12-21(13-11-20)28(26,27)24-14-4-1-5-15-24/h8-13,16H,1-7,14-15H2,(H,23,25). The van der Waals surface area contributed by atoms with Gasteiger partial charge in [0.25, 0.3) is 5.91 Å². The van der Waals surface area contributed by atoms with E-state index in [2.05, 4.69) is 11.4 Å². The summed E-state index contributed by atoms with van der Waals surface area (Å²) in [6.07, 6.45) is 7.40. The molecule has 0 spiro atoms. The number of fused-ring (bicyclic) bond motifs is 1. The number of aryl methyl sites for hydroxylation is 2. The van der Waals surface area contributed by atoms with E-state index in [1.54, 1.807) is 28.6 Å². The van der Waals surface area contributed by atoms with E-state index in [1.807, 2.05) is 12.1 Å². The quantitative estimate of drug-likeness (QED) is 0.847. The number of amides is 1. The normalized spacial score (nSPS) is 17.7. The number of piperidine rings is 1. The Morgan fingerprint density at radius 2 is 1.50 bits per heavy atom. The van der Waals surface area contributed by atoms with E-state index in [9.17, 15) is 13.2 Å². The van der Waals surface area contributed by atoms with Gasteiger partial charge >= 0.3 is 0 Å². The van der Waals surface area contributed by atoms with Crippen molar-refractivity contribution in [3.05, 3.63) is 59.2 Å². The minimum absolute atomic E-state index is 0.167. The minimum atomic E-state index is -3.45. The maximum absolute atomic E-state index is 12.7. The first-order valence-electron chi connectivity index (χ1n) is 10.1. The minimum Gasteiger partial charge on any atom is -0.322 e. The molecule has 1 saturated heterocycles. The molecule has 0 unspecified atom stereocenters. The summed E-state index contributed by atoms with van der Waals surface area (Å²) in [4.78, 5) is 12.9. The van der Waals surface area contributed by atoms with Crippen LogP contribution in [0.15, 0.2) is 47.4 Å². The lowest BCUT2D eigenvalue weighted by molar-refractivity contribution is 0.102. The molecule has 1 aliphatic heterocycles. The molecule has 6 heteroatoms. The van der Waals surface area contributed by atoms with Crippen molar-refractivity contribution in [2.45, 2.75) is 49.8 Å². The van der Waals surface area contributed by atoms with Crippen molar-refractivity contribution in [3.63, 3.8) is 0 Å². The molecule has 2 aromatic carbocycles. The highest BCUT2D eigenvalue weighted by molar-refractivity contribution is 7.89. The van der Waals surface area contributed by atoms with Crippen LogP contribution in [0.4, 0.5) is 5.69 Å². The molecule has 4 rings (SSSR count). The Morgan fingerprint density at radius 3 is 2.21 bits per heavy atom. The van der Waals surface area contributed by atoms with Crippen LogP contribution in [0.25, 0.3) is 0 Å². The molecular weight excluding hydrogens is 372 g/mol. The van der Waals surface area contributed by atoms with Crippen LogP contribution in [0.3, 0.4) is 0 Å². The van der Waals surface area contributed by atoms with Gasteiger partial charge in [-0.25, -0.2) is 8.42 Å². The summed E-state index contributed by atoms with van der Waals surface area (Å²) in [6, 6.07) is 12.4. The Morgan fingerprint density at radius 1 is 0.821 bits per heavy atom. The van der Waals surface area contributed by atoms with Crippen LogP contribution < -0.4 is 5.32 Å². The Kier molecular flexibility index (Phi) is 5.51. The molecule has 5 nitrogen and oxygen atoms in total. The third-order valence-corrected chi connectivity index (χ3v) is 7.59. The fourth-order valence-corrected chi connectivity index (χ4v) is 5.56. The van der Waals surface area contributed by atoms with E-state index < -0.39 is 10.0 Å². The predicted octanol–water partition coefficient (Wildman–Crippen LogP) is 3.99. The molecule has 0 saturated carbocycles. The van der Waals surface area contributed by atoms with Crippen molar-refractivity contribution in [3.8, 4) is 0 Å². The number of nitrogens with one attached hydrogen (secondary N) is 1. The fourth-order valence-electron chi connectivity index (χ4n) is 4.04. The lowest BCUT2D eigenvalue weighted by Crippen LogP contribution is -2.35. The highest BCUT2D eigenvalue weighted by Crippen LogP contribution is 2.24. The third kappa shape index (κ3) is 3.98. The number of rotatable bonds is 4. The molecule has 0 radical (unpaired) electrons. The van der Waals surface area contributed by atoms with E-state index >= 15 is 0 Å². The first-order chi connectivity index (χ1) is 13.5. The maximum Gasteiger partial charge on any atom is 0.255 e. The van der Waals surface area contributed by atoms with Gasteiger partial charge in [-0.05, 0) is 86.1 Å². The number of anilines is 1. The molecule has 0 atom stereocenters.